The number of anilines is 1. The summed E-state index contributed by atoms with van der Waals surface area (Å²) in [7, 11) is 0. The number of aliphatic hydroxyl groups excluding tert-OH is 2. The first-order valence-corrected chi connectivity index (χ1v) is 5.41. The molecular formula is C9H12N6O4. The molecule has 0 spiro atoms. The smallest absolute Gasteiger partial charge is 0.351 e. The summed E-state index contributed by atoms with van der Waals surface area (Å²) in [6.45, 7) is -0.466. The summed E-state index contributed by atoms with van der Waals surface area (Å²) in [4.78, 5) is 17.8. The lowest BCUT2D eigenvalue weighted by Crippen LogP contribution is -2.34. The minimum absolute atomic E-state index is 0.0406. The average molecular weight is 268 g/mol. The largest absolute Gasteiger partial charge is 0.394 e. The number of azide groups is 1. The fourth-order valence-corrected chi connectivity index (χ4v) is 1.91. The molecule has 1 unspecified atom stereocenters. The Kier molecular flexibility index (Phi) is 3.67. The maximum absolute atomic E-state index is 11.7. The van der Waals surface area contributed by atoms with Crippen molar-refractivity contribution in [2.24, 2.45) is 5.11 Å². The summed E-state index contributed by atoms with van der Waals surface area (Å²) in [5.74, 6) is 0.0406. The molecule has 0 bridgehead atoms. The van der Waals surface area contributed by atoms with Crippen molar-refractivity contribution in [2.75, 3.05) is 12.3 Å². The maximum Gasteiger partial charge on any atom is 0.351 e. The lowest BCUT2D eigenvalue weighted by molar-refractivity contribution is -0.0464. The zero-order chi connectivity index (χ0) is 14.0. The first-order chi connectivity index (χ1) is 9.08. The zero-order valence-electron chi connectivity index (χ0n) is 9.70. The van der Waals surface area contributed by atoms with E-state index in [1.807, 2.05) is 0 Å². The minimum atomic E-state index is -1.21. The van der Waals surface area contributed by atoms with Crippen molar-refractivity contribution in [3.05, 3.63) is 33.2 Å². The molecule has 4 N–H and O–H groups in total. The summed E-state index contributed by atoms with van der Waals surface area (Å²) in [6.07, 6.45) is -1.87. The van der Waals surface area contributed by atoms with E-state index in [4.69, 9.17) is 21.1 Å². The van der Waals surface area contributed by atoms with Crippen LogP contribution in [0.2, 0.25) is 0 Å². The summed E-state index contributed by atoms with van der Waals surface area (Å²) < 4.78 is 6.36. The number of rotatable bonds is 3. The molecule has 0 saturated carbocycles. The molecule has 1 aliphatic rings. The Bertz CT molecular complexity index is 568. The van der Waals surface area contributed by atoms with Crippen LogP contribution in [0.15, 0.2) is 22.2 Å². The van der Waals surface area contributed by atoms with Crippen LogP contribution in [0, 0.1) is 0 Å². The second kappa shape index (κ2) is 5.24. The molecule has 0 radical (unpaired) electrons. The van der Waals surface area contributed by atoms with Crippen molar-refractivity contribution < 1.29 is 14.9 Å². The van der Waals surface area contributed by atoms with Crippen molar-refractivity contribution in [1.82, 2.24) is 9.55 Å². The van der Waals surface area contributed by atoms with Gasteiger partial charge in [-0.25, -0.2) is 4.79 Å². The van der Waals surface area contributed by atoms with E-state index in [1.165, 1.54) is 12.3 Å². The van der Waals surface area contributed by atoms with Gasteiger partial charge in [0.2, 0.25) is 0 Å². The molecule has 2 heterocycles. The van der Waals surface area contributed by atoms with E-state index in [2.05, 4.69) is 15.0 Å². The Balaban J connectivity index is 2.41. The standard InChI is InChI=1S/C9H12N6O4/c10-5-1-2-15(9(18)12-5)8-6(13-14-11)7(17)4(3-16)19-8/h1-2,4,6-8,16-17H,3H2,(H2,10,12,18)/t4-,6?,7-,8-/m1/s1. The quantitative estimate of drug-likeness (QED) is 0.353. The topological polar surface area (TPSA) is 159 Å². The molecule has 1 fully saturated rings. The lowest BCUT2D eigenvalue weighted by atomic mass is 10.1. The van der Waals surface area contributed by atoms with Gasteiger partial charge in [-0.05, 0) is 11.6 Å². The van der Waals surface area contributed by atoms with E-state index in [9.17, 15) is 9.90 Å². The highest BCUT2D eigenvalue weighted by molar-refractivity contribution is 5.23. The van der Waals surface area contributed by atoms with Crippen LogP contribution in [0.1, 0.15) is 6.23 Å². The highest BCUT2D eigenvalue weighted by Gasteiger charge is 2.44. The maximum atomic E-state index is 11.7. The predicted octanol–water partition coefficient (Wildman–Crippen LogP) is -1.25. The van der Waals surface area contributed by atoms with Crippen molar-refractivity contribution >= 4 is 5.82 Å². The molecule has 19 heavy (non-hydrogen) atoms. The van der Waals surface area contributed by atoms with Crippen molar-refractivity contribution in [2.45, 2.75) is 24.5 Å². The van der Waals surface area contributed by atoms with Crippen molar-refractivity contribution in [1.29, 1.82) is 0 Å². The number of ether oxygens (including phenoxy) is 1. The molecule has 10 nitrogen and oxygen atoms in total. The van der Waals surface area contributed by atoms with Crippen LogP contribution in [-0.2, 0) is 4.74 Å². The summed E-state index contributed by atoms with van der Waals surface area (Å²) in [6, 6.07) is 0.335. The van der Waals surface area contributed by atoms with Gasteiger partial charge in [-0.3, -0.25) is 4.57 Å². The number of aliphatic hydroxyl groups is 2. The molecule has 10 heteroatoms. The highest BCUT2D eigenvalue weighted by atomic mass is 16.5. The second-order valence-electron chi connectivity index (χ2n) is 3.98. The molecule has 0 aromatic carbocycles. The number of hydrogen-bond donors (Lipinski definition) is 3. The van der Waals surface area contributed by atoms with Crippen LogP contribution in [0.3, 0.4) is 0 Å². The van der Waals surface area contributed by atoms with Gasteiger partial charge in [-0.2, -0.15) is 4.98 Å². The van der Waals surface area contributed by atoms with Gasteiger partial charge >= 0.3 is 5.69 Å². The van der Waals surface area contributed by atoms with Gasteiger partial charge in [0.05, 0.1) is 12.7 Å². The van der Waals surface area contributed by atoms with E-state index in [0.717, 1.165) is 4.57 Å². The van der Waals surface area contributed by atoms with Crippen molar-refractivity contribution in [3.8, 4) is 0 Å². The zero-order valence-corrected chi connectivity index (χ0v) is 9.70. The summed E-state index contributed by atoms with van der Waals surface area (Å²) >= 11 is 0. The third-order valence-corrected chi connectivity index (χ3v) is 2.83. The first-order valence-electron chi connectivity index (χ1n) is 5.41. The minimum Gasteiger partial charge on any atom is -0.394 e. The number of nitrogen functional groups attached to an aromatic ring is 1. The number of hydrogen-bond acceptors (Lipinski definition) is 7. The molecule has 0 aliphatic carbocycles. The van der Waals surface area contributed by atoms with E-state index < -0.39 is 36.8 Å². The number of aromatic nitrogens is 2. The monoisotopic (exact) mass is 268 g/mol. The van der Waals surface area contributed by atoms with Crippen LogP contribution in [0.25, 0.3) is 10.4 Å². The lowest BCUT2D eigenvalue weighted by Gasteiger charge is -2.17. The van der Waals surface area contributed by atoms with Gasteiger partial charge in [0.25, 0.3) is 0 Å². The Morgan fingerprint density at radius 2 is 2.42 bits per heavy atom. The van der Waals surface area contributed by atoms with E-state index in [0.29, 0.717) is 0 Å². The fourth-order valence-electron chi connectivity index (χ4n) is 1.91. The highest BCUT2D eigenvalue weighted by Crippen LogP contribution is 2.30. The SMILES string of the molecule is [N-]=[N+]=NC1[C@H](n2ccc(N)nc2=O)O[C@H](CO)[C@H]1O. The average Bonchev–Trinajstić information content (AvgIpc) is 2.68. The van der Waals surface area contributed by atoms with Crippen LogP contribution >= 0.6 is 0 Å². The van der Waals surface area contributed by atoms with Crippen LogP contribution in [0.4, 0.5) is 5.82 Å². The summed E-state index contributed by atoms with van der Waals surface area (Å²) in [5, 5.41) is 22.3. The van der Waals surface area contributed by atoms with Crippen LogP contribution < -0.4 is 11.4 Å². The van der Waals surface area contributed by atoms with Gasteiger partial charge in [0.1, 0.15) is 24.2 Å². The molecule has 1 aromatic heterocycles. The molecule has 1 aromatic rings. The molecule has 1 aliphatic heterocycles. The Morgan fingerprint density at radius 3 is 3.00 bits per heavy atom. The van der Waals surface area contributed by atoms with Crippen LogP contribution in [-0.4, -0.2) is 44.6 Å². The Morgan fingerprint density at radius 1 is 1.68 bits per heavy atom. The van der Waals surface area contributed by atoms with E-state index in [-0.39, 0.29) is 5.82 Å². The molecule has 102 valence electrons. The number of nitrogens with zero attached hydrogens (tertiary/aromatic N) is 5. The predicted molar refractivity (Wildman–Crippen MR) is 62.8 cm³/mol. The molecule has 1 saturated heterocycles. The van der Waals surface area contributed by atoms with E-state index in [1.54, 1.807) is 0 Å². The Labute approximate surface area is 106 Å². The van der Waals surface area contributed by atoms with Gasteiger partial charge in [-0.1, -0.05) is 5.11 Å². The molecule has 0 amide bonds. The van der Waals surface area contributed by atoms with Gasteiger partial charge in [-0.15, -0.1) is 0 Å². The third-order valence-electron chi connectivity index (χ3n) is 2.83. The van der Waals surface area contributed by atoms with Crippen molar-refractivity contribution in [3.63, 3.8) is 0 Å². The third kappa shape index (κ3) is 2.37. The molecule has 4 atom stereocenters. The first kappa shape index (κ1) is 13.3. The summed E-state index contributed by atoms with van der Waals surface area (Å²) in [5.41, 5.74) is 13.2. The Hall–Kier alpha value is -2.13. The van der Waals surface area contributed by atoms with Gasteiger partial charge in [0, 0.05) is 11.1 Å². The van der Waals surface area contributed by atoms with Gasteiger partial charge < -0.3 is 20.7 Å². The fraction of sp³-hybridized carbons (Fsp3) is 0.556. The molecular weight excluding hydrogens is 256 g/mol. The van der Waals surface area contributed by atoms with Crippen LogP contribution in [0.5, 0.6) is 0 Å². The van der Waals surface area contributed by atoms with Gasteiger partial charge in [0.15, 0.2) is 0 Å². The molecule has 2 rings (SSSR count). The second-order valence-corrected chi connectivity index (χ2v) is 3.98. The number of nitrogens with two attached hydrogens (primary N) is 1. The normalized spacial score (nSPS) is 30.0. The van der Waals surface area contributed by atoms with E-state index >= 15 is 0 Å².